The van der Waals surface area contributed by atoms with Gasteiger partial charge in [-0.15, -0.1) is 10.2 Å². The van der Waals surface area contributed by atoms with Crippen LogP contribution >= 0.6 is 11.8 Å². The lowest BCUT2D eigenvalue weighted by Gasteiger charge is -2.08. The average Bonchev–Trinajstić information content (AvgIpc) is 3.05. The van der Waals surface area contributed by atoms with Gasteiger partial charge in [-0.2, -0.15) is 0 Å². The molecule has 3 aromatic rings. The van der Waals surface area contributed by atoms with Crippen LogP contribution in [0.1, 0.15) is 5.56 Å². The second kappa shape index (κ2) is 7.43. The van der Waals surface area contributed by atoms with Gasteiger partial charge in [0.15, 0.2) is 29.1 Å². The van der Waals surface area contributed by atoms with Gasteiger partial charge >= 0.3 is 0 Å². The van der Waals surface area contributed by atoms with Gasteiger partial charge in [-0.25, -0.2) is 26.6 Å². The lowest BCUT2D eigenvalue weighted by atomic mass is 10.2. The smallest absolute Gasteiger partial charge is 0.210 e. The summed E-state index contributed by atoms with van der Waals surface area (Å²) in [5, 5.41) is 7.70. The lowest BCUT2D eigenvalue weighted by Crippen LogP contribution is -2.12. The minimum Gasteiger partial charge on any atom is -0.497 e. The predicted octanol–water partition coefficient (Wildman–Crippen LogP) is 3.66. The fraction of sp³-hybridized carbons (Fsp3) is 0.125. The van der Waals surface area contributed by atoms with Crippen LogP contribution in [0.2, 0.25) is 0 Å². The molecule has 1 aromatic heterocycles. The van der Waals surface area contributed by atoms with Crippen molar-refractivity contribution in [1.82, 2.24) is 14.9 Å². The van der Waals surface area contributed by atoms with Crippen LogP contribution in [0.25, 0.3) is 11.4 Å². The van der Waals surface area contributed by atoms with E-state index >= 15 is 0 Å². The first-order valence-electron chi connectivity index (χ1n) is 7.33. The van der Waals surface area contributed by atoms with Gasteiger partial charge in [0.2, 0.25) is 11.0 Å². The Morgan fingerprint density at radius 1 is 0.926 bits per heavy atom. The molecule has 0 radical (unpaired) electrons. The summed E-state index contributed by atoms with van der Waals surface area (Å²) in [6, 6.07) is 6.69. The van der Waals surface area contributed by atoms with Gasteiger partial charge < -0.3 is 10.6 Å². The van der Waals surface area contributed by atoms with E-state index in [2.05, 4.69) is 10.2 Å². The van der Waals surface area contributed by atoms with Crippen molar-refractivity contribution in [3.63, 3.8) is 0 Å². The highest BCUT2D eigenvalue weighted by Gasteiger charge is 2.26. The Hall–Kier alpha value is -2.82. The summed E-state index contributed by atoms with van der Waals surface area (Å²) in [4.78, 5) is 0. The summed E-state index contributed by atoms with van der Waals surface area (Å²) in [6.45, 7) is 0. The Bertz CT molecular complexity index is 964. The van der Waals surface area contributed by atoms with Crippen molar-refractivity contribution in [1.29, 1.82) is 0 Å². The molecule has 142 valence electrons. The second-order valence-electron chi connectivity index (χ2n) is 5.24. The average molecular weight is 402 g/mol. The molecule has 2 aromatic carbocycles. The number of ether oxygens (including phenoxy) is 1. The number of thioether (sulfide) groups is 1. The molecule has 1 heterocycles. The van der Waals surface area contributed by atoms with Gasteiger partial charge in [-0.1, -0.05) is 11.8 Å². The molecule has 0 bridgehead atoms. The van der Waals surface area contributed by atoms with Crippen LogP contribution in [0.5, 0.6) is 5.75 Å². The molecule has 0 amide bonds. The number of nitrogens with zero attached hydrogens (tertiary/aromatic N) is 3. The maximum absolute atomic E-state index is 13.7. The van der Waals surface area contributed by atoms with Crippen LogP contribution in [0, 0.1) is 29.1 Å². The third kappa shape index (κ3) is 3.42. The van der Waals surface area contributed by atoms with E-state index in [1.165, 1.54) is 7.11 Å². The van der Waals surface area contributed by atoms with E-state index in [0.29, 0.717) is 23.1 Å². The fourth-order valence-corrected chi connectivity index (χ4v) is 3.08. The second-order valence-corrected chi connectivity index (χ2v) is 6.18. The van der Waals surface area contributed by atoms with Crippen molar-refractivity contribution < 1.29 is 26.7 Å². The lowest BCUT2D eigenvalue weighted by molar-refractivity contribution is 0.372. The highest BCUT2D eigenvalue weighted by Crippen LogP contribution is 2.30. The first-order valence-corrected chi connectivity index (χ1v) is 8.31. The van der Waals surface area contributed by atoms with Crippen LogP contribution in [0.15, 0.2) is 29.4 Å². The molecule has 0 fully saturated rings. The first-order chi connectivity index (χ1) is 12.8. The molecule has 11 heteroatoms. The topological polar surface area (TPSA) is 66.0 Å². The Labute approximate surface area is 153 Å². The fourth-order valence-electron chi connectivity index (χ4n) is 2.23. The van der Waals surface area contributed by atoms with Crippen molar-refractivity contribution in [3.05, 3.63) is 58.9 Å². The molecule has 5 nitrogen and oxygen atoms in total. The summed E-state index contributed by atoms with van der Waals surface area (Å²) >= 11 is 0.679. The van der Waals surface area contributed by atoms with Gasteiger partial charge in [-0.3, -0.25) is 0 Å². The van der Waals surface area contributed by atoms with Gasteiger partial charge in [-0.05, 0) is 24.3 Å². The highest BCUT2D eigenvalue weighted by atomic mass is 32.2. The molecule has 3 rings (SSSR count). The molecule has 0 atom stereocenters. The highest BCUT2D eigenvalue weighted by molar-refractivity contribution is 7.98. The van der Waals surface area contributed by atoms with Crippen molar-refractivity contribution in [2.45, 2.75) is 10.9 Å². The van der Waals surface area contributed by atoms with E-state index in [0.717, 1.165) is 4.68 Å². The van der Waals surface area contributed by atoms with Gasteiger partial charge in [0, 0.05) is 16.9 Å². The molecule has 2 N–H and O–H groups in total. The summed E-state index contributed by atoms with van der Waals surface area (Å²) in [5.74, 6) is -3.84. The van der Waals surface area contributed by atoms with E-state index in [-0.39, 0.29) is 11.0 Å². The maximum Gasteiger partial charge on any atom is 0.210 e. The molecule has 0 spiro atoms. The van der Waals surface area contributed by atoms with Crippen LogP contribution in [-0.4, -0.2) is 22.0 Å². The summed E-state index contributed by atoms with van der Waals surface area (Å²) in [6.07, 6.45) is 0. The standard InChI is InChI=1S/C16H11F5N4OS/c1-26-8-4-2-7(3-5-8)15-23-24-16(25(15)22)27-6-9-10(17)12(19)14(21)13(20)11(9)18/h2-5H,6,22H2,1H3. The normalized spacial score (nSPS) is 11.0. The largest absolute Gasteiger partial charge is 0.497 e. The van der Waals surface area contributed by atoms with Crippen LogP contribution < -0.4 is 10.6 Å². The number of methoxy groups -OCH3 is 1. The third-order valence-electron chi connectivity index (χ3n) is 3.66. The number of halogens is 5. The van der Waals surface area contributed by atoms with Crippen molar-refractivity contribution >= 4 is 11.8 Å². The number of hydrogen-bond acceptors (Lipinski definition) is 5. The zero-order valence-corrected chi connectivity index (χ0v) is 14.5. The van der Waals surface area contributed by atoms with E-state index < -0.39 is 40.4 Å². The predicted molar refractivity (Wildman–Crippen MR) is 88.0 cm³/mol. The number of nitrogens with two attached hydrogens (primary N) is 1. The van der Waals surface area contributed by atoms with Gasteiger partial charge in [0.1, 0.15) is 5.75 Å². The van der Waals surface area contributed by atoms with Crippen molar-refractivity contribution in [3.8, 4) is 17.1 Å². The Morgan fingerprint density at radius 3 is 2.04 bits per heavy atom. The molecule has 0 saturated heterocycles. The van der Waals surface area contributed by atoms with Crippen LogP contribution in [0.3, 0.4) is 0 Å². The van der Waals surface area contributed by atoms with Crippen molar-refractivity contribution in [2.24, 2.45) is 0 Å². The summed E-state index contributed by atoms with van der Waals surface area (Å²) in [7, 11) is 1.51. The number of benzene rings is 2. The van der Waals surface area contributed by atoms with Crippen LogP contribution in [-0.2, 0) is 5.75 Å². The Morgan fingerprint density at radius 2 is 1.48 bits per heavy atom. The van der Waals surface area contributed by atoms with Gasteiger partial charge in [0.25, 0.3) is 0 Å². The zero-order valence-electron chi connectivity index (χ0n) is 13.6. The quantitative estimate of drug-likeness (QED) is 0.232. The molecule has 0 saturated carbocycles. The minimum absolute atomic E-state index is 0.0322. The molecular weight excluding hydrogens is 391 g/mol. The number of rotatable bonds is 5. The SMILES string of the molecule is COc1ccc(-c2nnc(SCc3c(F)c(F)c(F)c(F)c3F)n2N)cc1. The molecule has 0 aliphatic carbocycles. The van der Waals surface area contributed by atoms with E-state index in [4.69, 9.17) is 10.6 Å². The zero-order chi connectivity index (χ0) is 19.7. The van der Waals surface area contributed by atoms with E-state index in [1.807, 2.05) is 0 Å². The number of hydrogen-bond donors (Lipinski definition) is 1. The van der Waals surface area contributed by atoms with Crippen LogP contribution in [0.4, 0.5) is 22.0 Å². The Balaban J connectivity index is 1.85. The van der Waals surface area contributed by atoms with E-state index in [1.54, 1.807) is 24.3 Å². The third-order valence-corrected chi connectivity index (χ3v) is 4.63. The maximum atomic E-state index is 13.7. The molecule has 27 heavy (non-hydrogen) atoms. The summed E-state index contributed by atoms with van der Waals surface area (Å²) in [5.41, 5.74) is -0.376. The monoisotopic (exact) mass is 402 g/mol. The van der Waals surface area contributed by atoms with E-state index in [9.17, 15) is 22.0 Å². The van der Waals surface area contributed by atoms with Gasteiger partial charge in [0.05, 0.1) is 7.11 Å². The molecule has 0 unspecified atom stereocenters. The number of nitrogen functional groups attached to an aromatic ring is 1. The number of aromatic nitrogens is 3. The molecule has 0 aliphatic rings. The Kier molecular flexibility index (Phi) is 5.22. The summed E-state index contributed by atoms with van der Waals surface area (Å²) < 4.78 is 73.1. The van der Waals surface area contributed by atoms with Crippen molar-refractivity contribution in [2.75, 3.05) is 13.0 Å². The minimum atomic E-state index is -2.21. The first kappa shape index (κ1) is 19.0. The molecular formula is C16H11F5N4OS. The molecule has 0 aliphatic heterocycles.